The fourth-order valence-corrected chi connectivity index (χ4v) is 3.00. The normalized spacial score (nSPS) is 17.9. The van der Waals surface area contributed by atoms with Crippen LogP contribution >= 0.6 is 34.5 Å². The Bertz CT molecular complexity index is 324. The minimum Gasteiger partial charge on any atom is -0.380 e. The van der Waals surface area contributed by atoms with Gasteiger partial charge in [-0.3, -0.25) is 0 Å². The summed E-state index contributed by atoms with van der Waals surface area (Å²) in [6.07, 6.45) is 1.04. The molecule has 6 heteroatoms. The SMILES string of the molecule is ClCc1sc(N2CCCOCC2)nc1Cl. The second-order valence-corrected chi connectivity index (χ2v) is 4.98. The van der Waals surface area contributed by atoms with Crippen LogP contribution in [0.25, 0.3) is 0 Å². The van der Waals surface area contributed by atoms with Crippen molar-refractivity contribution >= 4 is 39.7 Å². The van der Waals surface area contributed by atoms with E-state index >= 15 is 0 Å². The zero-order valence-electron chi connectivity index (χ0n) is 8.21. The van der Waals surface area contributed by atoms with Gasteiger partial charge in [0.15, 0.2) is 5.13 Å². The van der Waals surface area contributed by atoms with Gasteiger partial charge in [0, 0.05) is 19.7 Å². The first-order valence-electron chi connectivity index (χ1n) is 4.85. The number of hydrogen-bond donors (Lipinski definition) is 0. The number of anilines is 1. The first-order valence-corrected chi connectivity index (χ1v) is 6.58. The highest BCUT2D eigenvalue weighted by molar-refractivity contribution is 7.16. The summed E-state index contributed by atoms with van der Waals surface area (Å²) in [5.41, 5.74) is 0. The van der Waals surface area contributed by atoms with E-state index < -0.39 is 0 Å². The number of ether oxygens (including phenoxy) is 1. The molecule has 1 saturated heterocycles. The molecule has 0 bridgehead atoms. The number of rotatable bonds is 2. The molecule has 1 aromatic heterocycles. The molecule has 0 N–H and O–H groups in total. The molecular weight excluding hydrogens is 255 g/mol. The van der Waals surface area contributed by atoms with Gasteiger partial charge < -0.3 is 9.64 Å². The summed E-state index contributed by atoms with van der Waals surface area (Å²) in [5, 5.41) is 1.50. The largest absolute Gasteiger partial charge is 0.380 e. The third-order valence-electron chi connectivity index (χ3n) is 2.25. The van der Waals surface area contributed by atoms with Crippen LogP contribution in [0.5, 0.6) is 0 Å². The summed E-state index contributed by atoms with van der Waals surface area (Å²) in [4.78, 5) is 7.47. The van der Waals surface area contributed by atoms with Crippen LogP contribution in [0.3, 0.4) is 0 Å². The van der Waals surface area contributed by atoms with E-state index in [0.717, 1.165) is 42.7 Å². The molecule has 1 aliphatic heterocycles. The molecule has 0 aliphatic carbocycles. The lowest BCUT2D eigenvalue weighted by molar-refractivity contribution is 0.152. The Morgan fingerprint density at radius 3 is 3.00 bits per heavy atom. The second kappa shape index (κ2) is 5.34. The Morgan fingerprint density at radius 2 is 2.27 bits per heavy atom. The first-order chi connectivity index (χ1) is 7.31. The topological polar surface area (TPSA) is 25.4 Å². The molecule has 0 radical (unpaired) electrons. The fraction of sp³-hybridized carbons (Fsp3) is 0.667. The molecule has 2 rings (SSSR count). The van der Waals surface area contributed by atoms with Crippen molar-refractivity contribution in [2.45, 2.75) is 12.3 Å². The van der Waals surface area contributed by atoms with Crippen LogP contribution in [-0.2, 0) is 10.6 Å². The van der Waals surface area contributed by atoms with Crippen molar-refractivity contribution in [2.24, 2.45) is 0 Å². The fourth-order valence-electron chi connectivity index (χ4n) is 1.48. The van der Waals surface area contributed by atoms with E-state index in [1.54, 1.807) is 11.3 Å². The van der Waals surface area contributed by atoms with E-state index in [9.17, 15) is 0 Å². The van der Waals surface area contributed by atoms with E-state index in [2.05, 4.69) is 9.88 Å². The lowest BCUT2D eigenvalue weighted by atomic mass is 10.4. The number of aromatic nitrogens is 1. The number of nitrogens with zero attached hydrogens (tertiary/aromatic N) is 2. The van der Waals surface area contributed by atoms with Gasteiger partial charge in [-0.2, -0.15) is 0 Å². The predicted molar refractivity (Wildman–Crippen MR) is 64.3 cm³/mol. The summed E-state index contributed by atoms with van der Waals surface area (Å²) >= 11 is 13.3. The van der Waals surface area contributed by atoms with Crippen molar-refractivity contribution in [3.8, 4) is 0 Å². The van der Waals surface area contributed by atoms with Gasteiger partial charge in [0.05, 0.1) is 17.4 Å². The average molecular weight is 267 g/mol. The Morgan fingerprint density at radius 1 is 1.40 bits per heavy atom. The van der Waals surface area contributed by atoms with Crippen LogP contribution in [0.2, 0.25) is 5.15 Å². The van der Waals surface area contributed by atoms with Gasteiger partial charge >= 0.3 is 0 Å². The summed E-state index contributed by atoms with van der Waals surface area (Å²) in [6.45, 7) is 3.45. The summed E-state index contributed by atoms with van der Waals surface area (Å²) in [6, 6.07) is 0. The maximum atomic E-state index is 5.96. The summed E-state index contributed by atoms with van der Waals surface area (Å²) in [5.74, 6) is 0.431. The molecule has 1 fully saturated rings. The molecule has 0 unspecified atom stereocenters. The zero-order valence-corrected chi connectivity index (χ0v) is 10.5. The van der Waals surface area contributed by atoms with Crippen molar-refractivity contribution < 1.29 is 4.74 Å². The van der Waals surface area contributed by atoms with Crippen molar-refractivity contribution in [1.29, 1.82) is 0 Å². The number of alkyl halides is 1. The second-order valence-electron chi connectivity index (χ2n) is 3.30. The molecular formula is C9H12Cl2N2OS. The van der Waals surface area contributed by atoms with Crippen LogP contribution in [0, 0.1) is 0 Å². The maximum Gasteiger partial charge on any atom is 0.187 e. The van der Waals surface area contributed by atoms with Gasteiger partial charge in [-0.25, -0.2) is 4.98 Å². The van der Waals surface area contributed by atoms with E-state index in [1.165, 1.54) is 0 Å². The van der Waals surface area contributed by atoms with E-state index in [4.69, 9.17) is 27.9 Å². The van der Waals surface area contributed by atoms with Crippen molar-refractivity contribution in [3.05, 3.63) is 10.0 Å². The van der Waals surface area contributed by atoms with Gasteiger partial charge in [-0.05, 0) is 6.42 Å². The lowest BCUT2D eigenvalue weighted by Crippen LogP contribution is -2.25. The molecule has 15 heavy (non-hydrogen) atoms. The minimum absolute atomic E-state index is 0.431. The Balaban J connectivity index is 2.12. The van der Waals surface area contributed by atoms with Crippen LogP contribution in [0.4, 0.5) is 5.13 Å². The number of hydrogen-bond acceptors (Lipinski definition) is 4. The first kappa shape index (κ1) is 11.5. The third-order valence-corrected chi connectivity index (χ3v) is 4.22. The smallest absolute Gasteiger partial charge is 0.187 e. The average Bonchev–Trinajstić information content (AvgIpc) is 2.48. The van der Waals surface area contributed by atoms with Crippen LogP contribution in [0.1, 0.15) is 11.3 Å². The van der Waals surface area contributed by atoms with Gasteiger partial charge in [0.2, 0.25) is 0 Å². The molecule has 0 saturated carbocycles. The van der Waals surface area contributed by atoms with Crippen LogP contribution in [-0.4, -0.2) is 31.3 Å². The molecule has 0 amide bonds. The molecule has 2 heterocycles. The standard InChI is InChI=1S/C9H12Cl2N2OS/c10-6-7-8(11)12-9(15-7)13-2-1-4-14-5-3-13/h1-6H2. The van der Waals surface area contributed by atoms with Gasteiger partial charge in [0.25, 0.3) is 0 Å². The molecule has 3 nitrogen and oxygen atoms in total. The molecule has 0 spiro atoms. The molecule has 84 valence electrons. The summed E-state index contributed by atoms with van der Waals surface area (Å²) in [7, 11) is 0. The Kier molecular flexibility index (Phi) is 4.08. The Labute approximate surface area is 103 Å². The van der Waals surface area contributed by atoms with E-state index in [0.29, 0.717) is 11.0 Å². The predicted octanol–water partition coefficient (Wildman–Crippen LogP) is 2.76. The molecule has 1 aromatic rings. The van der Waals surface area contributed by atoms with Gasteiger partial charge in [0.1, 0.15) is 5.15 Å². The highest BCUT2D eigenvalue weighted by Gasteiger charge is 2.16. The highest BCUT2D eigenvalue weighted by atomic mass is 35.5. The minimum atomic E-state index is 0.431. The van der Waals surface area contributed by atoms with Crippen LogP contribution < -0.4 is 4.90 Å². The molecule has 0 aromatic carbocycles. The van der Waals surface area contributed by atoms with Crippen molar-refractivity contribution in [2.75, 3.05) is 31.2 Å². The zero-order chi connectivity index (χ0) is 10.7. The van der Waals surface area contributed by atoms with Crippen molar-refractivity contribution in [1.82, 2.24) is 4.98 Å². The van der Waals surface area contributed by atoms with Crippen LogP contribution in [0.15, 0.2) is 0 Å². The van der Waals surface area contributed by atoms with Gasteiger partial charge in [-0.1, -0.05) is 22.9 Å². The quantitative estimate of drug-likeness (QED) is 0.770. The molecule has 0 atom stereocenters. The van der Waals surface area contributed by atoms with Crippen molar-refractivity contribution in [3.63, 3.8) is 0 Å². The third kappa shape index (κ3) is 2.75. The van der Waals surface area contributed by atoms with Gasteiger partial charge in [-0.15, -0.1) is 11.6 Å². The molecule has 1 aliphatic rings. The number of thiazole rings is 1. The number of halogens is 2. The monoisotopic (exact) mass is 266 g/mol. The lowest BCUT2D eigenvalue weighted by Gasteiger charge is -2.17. The summed E-state index contributed by atoms with van der Waals surface area (Å²) < 4.78 is 5.39. The Hall–Kier alpha value is -0.0300. The highest BCUT2D eigenvalue weighted by Crippen LogP contribution is 2.31. The van der Waals surface area contributed by atoms with E-state index in [1.807, 2.05) is 0 Å². The van der Waals surface area contributed by atoms with E-state index in [-0.39, 0.29) is 0 Å². The maximum absolute atomic E-state index is 5.96.